The van der Waals surface area contributed by atoms with E-state index in [4.69, 9.17) is 5.73 Å². The van der Waals surface area contributed by atoms with Crippen LogP contribution in [0, 0.1) is 5.82 Å². The summed E-state index contributed by atoms with van der Waals surface area (Å²) in [6, 6.07) is 4.06. The van der Waals surface area contributed by atoms with Crippen molar-refractivity contribution in [3.05, 3.63) is 24.0 Å². The quantitative estimate of drug-likeness (QED) is 0.353. The SMILES string of the molecule is Nc1ccc(F)cc1S.[K]. The van der Waals surface area contributed by atoms with Crippen LogP contribution in [0.3, 0.4) is 0 Å². The van der Waals surface area contributed by atoms with Gasteiger partial charge in [0.25, 0.3) is 0 Å². The Labute approximate surface area is 107 Å². The largest absolute Gasteiger partial charge is 0.398 e. The maximum atomic E-state index is 12.2. The average Bonchev–Trinajstić information content (AvgIpc) is 1.80. The number of benzene rings is 1. The normalized spacial score (nSPS) is 8.60. The molecule has 4 heteroatoms. The number of thiol groups is 1. The molecule has 0 bridgehead atoms. The zero-order valence-electron chi connectivity index (χ0n) is 5.63. The van der Waals surface area contributed by atoms with E-state index in [-0.39, 0.29) is 57.2 Å². The van der Waals surface area contributed by atoms with Crippen LogP contribution in [0.15, 0.2) is 23.1 Å². The zero-order valence-corrected chi connectivity index (χ0v) is 9.65. The number of nitrogens with two attached hydrogens (primary N) is 1. The molecule has 0 aliphatic carbocycles. The Morgan fingerprint density at radius 2 is 2.00 bits per heavy atom. The summed E-state index contributed by atoms with van der Waals surface area (Å²) in [6.07, 6.45) is 0. The first kappa shape index (κ1) is 10.9. The van der Waals surface area contributed by atoms with Gasteiger partial charge in [-0.3, -0.25) is 0 Å². The van der Waals surface area contributed by atoms with Crippen molar-refractivity contribution in [2.24, 2.45) is 0 Å². The number of nitrogen functional groups attached to an aromatic ring is 1. The monoisotopic (exact) mass is 182 g/mol. The summed E-state index contributed by atoms with van der Waals surface area (Å²) in [5.74, 6) is -0.311. The van der Waals surface area contributed by atoms with Crippen LogP contribution in [0.2, 0.25) is 0 Å². The van der Waals surface area contributed by atoms with Crippen molar-refractivity contribution >= 4 is 69.7 Å². The Hall–Kier alpha value is 0.936. The van der Waals surface area contributed by atoms with Crippen LogP contribution < -0.4 is 5.73 Å². The van der Waals surface area contributed by atoms with E-state index in [1.807, 2.05) is 0 Å². The van der Waals surface area contributed by atoms with Crippen molar-refractivity contribution in [1.29, 1.82) is 0 Å². The first-order chi connectivity index (χ1) is 4.20. The molecule has 0 aliphatic heterocycles. The molecule has 1 nitrogen and oxygen atoms in total. The van der Waals surface area contributed by atoms with Gasteiger partial charge in [0.2, 0.25) is 0 Å². The second-order valence-corrected chi connectivity index (χ2v) is 2.18. The van der Waals surface area contributed by atoms with Gasteiger partial charge >= 0.3 is 0 Å². The van der Waals surface area contributed by atoms with E-state index in [0.29, 0.717) is 10.6 Å². The Balaban J connectivity index is 0.000000810. The second-order valence-electron chi connectivity index (χ2n) is 1.70. The summed E-state index contributed by atoms with van der Waals surface area (Å²) >= 11 is 3.90. The molecule has 1 aromatic carbocycles. The van der Waals surface area contributed by atoms with Gasteiger partial charge in [-0.05, 0) is 18.2 Å². The molecule has 0 amide bonds. The van der Waals surface area contributed by atoms with Crippen LogP contribution in [0.5, 0.6) is 0 Å². The van der Waals surface area contributed by atoms with E-state index in [1.54, 1.807) is 0 Å². The molecule has 0 saturated carbocycles. The Morgan fingerprint density at radius 3 is 2.40 bits per heavy atom. The minimum absolute atomic E-state index is 0. The summed E-state index contributed by atoms with van der Waals surface area (Å²) in [4.78, 5) is 0.481. The fourth-order valence-electron chi connectivity index (χ4n) is 0.517. The molecule has 1 aromatic rings. The minimum atomic E-state index is -0.311. The number of hydrogen-bond donors (Lipinski definition) is 2. The van der Waals surface area contributed by atoms with Crippen LogP contribution in [0.25, 0.3) is 0 Å². The van der Waals surface area contributed by atoms with Gasteiger partial charge in [0, 0.05) is 62.0 Å². The molecule has 1 radical (unpaired) electrons. The van der Waals surface area contributed by atoms with Crippen LogP contribution >= 0.6 is 12.6 Å². The first-order valence-corrected chi connectivity index (χ1v) is 2.89. The molecular weight excluding hydrogens is 176 g/mol. The van der Waals surface area contributed by atoms with E-state index < -0.39 is 0 Å². The third kappa shape index (κ3) is 2.90. The number of halogens is 1. The molecule has 10 heavy (non-hydrogen) atoms. The molecular formula is C6H6FKNS. The minimum Gasteiger partial charge on any atom is -0.398 e. The van der Waals surface area contributed by atoms with Crippen LogP contribution in [-0.2, 0) is 0 Å². The topological polar surface area (TPSA) is 26.0 Å². The van der Waals surface area contributed by atoms with Gasteiger partial charge in [-0.25, -0.2) is 4.39 Å². The van der Waals surface area contributed by atoms with Crippen molar-refractivity contribution in [2.45, 2.75) is 4.90 Å². The van der Waals surface area contributed by atoms with Crippen LogP contribution in [0.1, 0.15) is 0 Å². The van der Waals surface area contributed by atoms with E-state index in [1.165, 1.54) is 18.2 Å². The maximum absolute atomic E-state index is 12.2. The molecule has 0 fully saturated rings. The van der Waals surface area contributed by atoms with Gasteiger partial charge < -0.3 is 5.73 Å². The van der Waals surface area contributed by atoms with Gasteiger partial charge in [-0.15, -0.1) is 12.6 Å². The molecule has 49 valence electrons. The van der Waals surface area contributed by atoms with Crippen molar-refractivity contribution < 1.29 is 4.39 Å². The van der Waals surface area contributed by atoms with Gasteiger partial charge in [0.05, 0.1) is 0 Å². The smallest absolute Gasteiger partial charge is 0.124 e. The van der Waals surface area contributed by atoms with Gasteiger partial charge in [0.1, 0.15) is 5.82 Å². The maximum Gasteiger partial charge on any atom is 0.124 e. The molecule has 0 aliphatic rings. The summed E-state index contributed by atoms with van der Waals surface area (Å²) in [6.45, 7) is 0. The predicted octanol–water partition coefficient (Wildman–Crippen LogP) is 1.32. The Morgan fingerprint density at radius 1 is 1.40 bits per heavy atom. The van der Waals surface area contributed by atoms with Crippen molar-refractivity contribution in [3.8, 4) is 0 Å². The summed E-state index contributed by atoms with van der Waals surface area (Å²) < 4.78 is 12.2. The standard InChI is InChI=1S/C6H6FNS.K/c7-4-1-2-5(8)6(9)3-4;/h1-3,9H,8H2;. The molecule has 1 rings (SSSR count). The molecule has 2 N–H and O–H groups in total. The Bertz CT molecular complexity index is 229. The van der Waals surface area contributed by atoms with Gasteiger partial charge in [-0.1, -0.05) is 0 Å². The molecule has 0 atom stereocenters. The summed E-state index contributed by atoms with van der Waals surface area (Å²) in [7, 11) is 0. The molecule has 0 heterocycles. The number of rotatable bonds is 0. The summed E-state index contributed by atoms with van der Waals surface area (Å²) in [5, 5.41) is 0. The van der Waals surface area contributed by atoms with E-state index in [2.05, 4.69) is 12.6 Å². The fraction of sp³-hybridized carbons (Fsp3) is 0. The fourth-order valence-corrected chi connectivity index (χ4v) is 0.715. The third-order valence-electron chi connectivity index (χ3n) is 0.992. The van der Waals surface area contributed by atoms with Crippen molar-refractivity contribution in [2.75, 3.05) is 5.73 Å². The third-order valence-corrected chi connectivity index (χ3v) is 1.38. The molecule has 0 aromatic heterocycles. The molecule has 0 unspecified atom stereocenters. The summed E-state index contributed by atoms with van der Waals surface area (Å²) in [5.41, 5.74) is 5.85. The number of hydrogen-bond acceptors (Lipinski definition) is 2. The second kappa shape index (κ2) is 4.74. The Kier molecular flexibility index (Phi) is 5.19. The first-order valence-electron chi connectivity index (χ1n) is 2.44. The van der Waals surface area contributed by atoms with E-state index in [0.717, 1.165) is 0 Å². The number of anilines is 1. The van der Waals surface area contributed by atoms with E-state index >= 15 is 0 Å². The van der Waals surface area contributed by atoms with Crippen molar-refractivity contribution in [3.63, 3.8) is 0 Å². The van der Waals surface area contributed by atoms with Gasteiger partial charge in [0.15, 0.2) is 0 Å². The van der Waals surface area contributed by atoms with Crippen LogP contribution in [-0.4, -0.2) is 51.4 Å². The molecule has 0 spiro atoms. The van der Waals surface area contributed by atoms with E-state index in [9.17, 15) is 4.39 Å². The average molecular weight is 182 g/mol. The molecule has 0 saturated heterocycles. The zero-order chi connectivity index (χ0) is 6.85. The van der Waals surface area contributed by atoms with Crippen LogP contribution in [0.4, 0.5) is 10.1 Å². The van der Waals surface area contributed by atoms with Gasteiger partial charge in [-0.2, -0.15) is 0 Å². The predicted molar refractivity (Wildman–Crippen MR) is 43.8 cm³/mol. The van der Waals surface area contributed by atoms with Crippen molar-refractivity contribution in [1.82, 2.24) is 0 Å².